The molecule has 0 bridgehead atoms. The number of thiazole rings is 1. The van der Waals surface area contributed by atoms with E-state index >= 15 is 0 Å². The van der Waals surface area contributed by atoms with Gasteiger partial charge in [0.25, 0.3) is 0 Å². The third-order valence-electron chi connectivity index (χ3n) is 3.95. The highest BCUT2D eigenvalue weighted by molar-refractivity contribution is 7.64. The molecular formula is C19H16ClFN5PS. The minimum atomic E-state index is -0.289. The molecule has 2 aromatic heterocycles. The minimum Gasteiger partial charge on any atom is -0.338 e. The van der Waals surface area contributed by atoms with Crippen molar-refractivity contribution in [2.24, 2.45) is 0 Å². The van der Waals surface area contributed by atoms with Crippen LogP contribution in [0.1, 0.15) is 0 Å². The number of nitrogens with one attached hydrogen (secondary N) is 2. The van der Waals surface area contributed by atoms with Gasteiger partial charge in [-0.2, -0.15) is 4.98 Å². The van der Waals surface area contributed by atoms with E-state index in [1.165, 1.54) is 35.0 Å². The first-order chi connectivity index (χ1) is 13.5. The highest BCUT2D eigenvalue weighted by Gasteiger charge is 2.12. The molecule has 2 N–H and O–H groups in total. The number of hydrogen-bond acceptors (Lipinski definition) is 6. The number of nitrogens with zero attached hydrogens (tertiary/aromatic N) is 3. The summed E-state index contributed by atoms with van der Waals surface area (Å²) in [6.07, 6.45) is 1.54. The van der Waals surface area contributed by atoms with E-state index in [1.807, 2.05) is 18.2 Å². The Labute approximate surface area is 171 Å². The molecule has 28 heavy (non-hydrogen) atoms. The van der Waals surface area contributed by atoms with Crippen molar-refractivity contribution in [1.82, 2.24) is 15.0 Å². The third-order valence-corrected chi connectivity index (χ3v) is 6.52. The van der Waals surface area contributed by atoms with Crippen LogP contribution >= 0.6 is 30.9 Å². The van der Waals surface area contributed by atoms with Crippen LogP contribution in [0.5, 0.6) is 0 Å². The Morgan fingerprint density at radius 1 is 1.07 bits per heavy atom. The molecule has 0 saturated carbocycles. The molecule has 0 unspecified atom stereocenters. The molecule has 0 radical (unpaired) electrons. The van der Waals surface area contributed by atoms with Crippen molar-refractivity contribution in [2.45, 2.75) is 0 Å². The lowest BCUT2D eigenvalue weighted by molar-refractivity contribution is 0.630. The first kappa shape index (κ1) is 19.0. The normalized spacial score (nSPS) is 11.2. The topological polar surface area (TPSA) is 62.7 Å². The zero-order valence-electron chi connectivity index (χ0n) is 15.1. The minimum absolute atomic E-state index is 0.288. The first-order valence-corrected chi connectivity index (χ1v) is 11.8. The summed E-state index contributed by atoms with van der Waals surface area (Å²) in [5.41, 5.74) is 1.69. The van der Waals surface area contributed by atoms with E-state index < -0.39 is 0 Å². The molecule has 0 spiro atoms. The summed E-state index contributed by atoms with van der Waals surface area (Å²) in [6.45, 7) is 4.39. The Morgan fingerprint density at radius 3 is 2.71 bits per heavy atom. The van der Waals surface area contributed by atoms with Crippen molar-refractivity contribution in [3.8, 4) is 0 Å². The lowest BCUT2D eigenvalue weighted by Gasteiger charge is -2.15. The van der Waals surface area contributed by atoms with Gasteiger partial charge in [-0.25, -0.2) is 14.4 Å². The summed E-state index contributed by atoms with van der Waals surface area (Å²) in [5.74, 6) is 0.581. The van der Waals surface area contributed by atoms with Crippen LogP contribution in [-0.2, 0) is 0 Å². The fourth-order valence-electron chi connectivity index (χ4n) is 2.66. The Balaban J connectivity index is 1.62. The number of fused-ring (bicyclic) bond motifs is 1. The predicted molar refractivity (Wildman–Crippen MR) is 118 cm³/mol. The maximum absolute atomic E-state index is 13.4. The van der Waals surface area contributed by atoms with Gasteiger partial charge in [0.15, 0.2) is 10.9 Å². The molecule has 0 aliphatic heterocycles. The summed E-state index contributed by atoms with van der Waals surface area (Å²) < 4.78 is 14.1. The van der Waals surface area contributed by atoms with E-state index in [-0.39, 0.29) is 13.7 Å². The highest BCUT2D eigenvalue weighted by atomic mass is 35.5. The van der Waals surface area contributed by atoms with Gasteiger partial charge in [0.2, 0.25) is 5.95 Å². The van der Waals surface area contributed by atoms with Gasteiger partial charge in [0.1, 0.15) is 10.8 Å². The van der Waals surface area contributed by atoms with Crippen LogP contribution in [-0.4, -0.2) is 28.3 Å². The van der Waals surface area contributed by atoms with E-state index in [0.29, 0.717) is 21.9 Å². The zero-order valence-corrected chi connectivity index (χ0v) is 17.5. The van der Waals surface area contributed by atoms with Crippen LogP contribution in [0.3, 0.4) is 0 Å². The van der Waals surface area contributed by atoms with E-state index in [1.54, 1.807) is 6.07 Å². The van der Waals surface area contributed by atoms with E-state index in [4.69, 9.17) is 11.6 Å². The first-order valence-electron chi connectivity index (χ1n) is 8.38. The highest BCUT2D eigenvalue weighted by Crippen LogP contribution is 2.32. The molecule has 0 fully saturated rings. The molecule has 0 aliphatic carbocycles. The number of rotatable bonds is 5. The van der Waals surface area contributed by atoms with Gasteiger partial charge in [0.05, 0.1) is 16.4 Å². The maximum atomic E-state index is 13.4. The third kappa shape index (κ3) is 4.07. The Hall–Kier alpha value is -2.34. The van der Waals surface area contributed by atoms with Crippen LogP contribution in [0.2, 0.25) is 5.02 Å². The van der Waals surface area contributed by atoms with Gasteiger partial charge in [-0.1, -0.05) is 49.1 Å². The van der Waals surface area contributed by atoms with Crippen molar-refractivity contribution in [3.63, 3.8) is 0 Å². The molecule has 0 atom stereocenters. The standard InChI is InChI=1S/C19H16ClFN5PS/c1-27(2)15-6-4-3-5-13(15)23-17-12(20)10-22-18(25-17)26-19-24-14-8-7-11(21)9-16(14)28-19/h3-10H,1-2H3,(H2,22,23,24,25,26). The van der Waals surface area contributed by atoms with E-state index in [9.17, 15) is 4.39 Å². The summed E-state index contributed by atoms with van der Waals surface area (Å²) in [4.78, 5) is 13.1. The smallest absolute Gasteiger partial charge is 0.231 e. The zero-order chi connectivity index (χ0) is 19.7. The van der Waals surface area contributed by atoms with Crippen molar-refractivity contribution < 1.29 is 4.39 Å². The molecule has 2 aromatic carbocycles. The summed E-state index contributed by atoms with van der Waals surface area (Å²) in [6, 6.07) is 12.6. The molecule has 0 saturated heterocycles. The van der Waals surface area contributed by atoms with Crippen molar-refractivity contribution in [3.05, 3.63) is 59.5 Å². The van der Waals surface area contributed by atoms with Crippen LogP contribution in [0, 0.1) is 5.82 Å². The van der Waals surface area contributed by atoms with Crippen molar-refractivity contribution in [1.29, 1.82) is 0 Å². The quantitative estimate of drug-likeness (QED) is 0.395. The maximum Gasteiger partial charge on any atom is 0.231 e. The predicted octanol–water partition coefficient (Wildman–Crippen LogP) is 5.73. The van der Waals surface area contributed by atoms with Crippen LogP contribution in [0.4, 0.5) is 27.0 Å². The second kappa shape index (κ2) is 7.95. The van der Waals surface area contributed by atoms with Crippen molar-refractivity contribution >= 4 is 69.0 Å². The van der Waals surface area contributed by atoms with Gasteiger partial charge >= 0.3 is 0 Å². The second-order valence-corrected chi connectivity index (χ2v) is 9.89. The Kier molecular flexibility index (Phi) is 5.40. The molecule has 9 heteroatoms. The van der Waals surface area contributed by atoms with Crippen LogP contribution in [0.15, 0.2) is 48.7 Å². The van der Waals surface area contributed by atoms with Gasteiger partial charge in [0, 0.05) is 5.69 Å². The average Bonchev–Trinajstić information content (AvgIpc) is 3.06. The molecule has 0 amide bonds. The summed E-state index contributed by atoms with van der Waals surface area (Å²) >= 11 is 7.63. The van der Waals surface area contributed by atoms with Crippen LogP contribution in [0.25, 0.3) is 10.2 Å². The largest absolute Gasteiger partial charge is 0.338 e. The summed E-state index contributed by atoms with van der Waals surface area (Å²) in [7, 11) is -0.288. The average molecular weight is 432 g/mol. The molecule has 4 aromatic rings. The van der Waals surface area contributed by atoms with Gasteiger partial charge in [-0.3, -0.25) is 5.32 Å². The fraction of sp³-hybridized carbons (Fsp3) is 0.105. The number of halogens is 2. The number of benzene rings is 2. The molecule has 5 nitrogen and oxygen atoms in total. The molecule has 2 heterocycles. The number of para-hydroxylation sites is 1. The number of aromatic nitrogens is 3. The molecule has 142 valence electrons. The van der Waals surface area contributed by atoms with E-state index in [2.05, 4.69) is 45.0 Å². The van der Waals surface area contributed by atoms with Gasteiger partial charge in [-0.05, 0) is 42.9 Å². The summed E-state index contributed by atoms with van der Waals surface area (Å²) in [5, 5.41) is 8.61. The molecule has 0 aliphatic rings. The number of hydrogen-bond donors (Lipinski definition) is 2. The Bertz CT molecular complexity index is 1150. The Morgan fingerprint density at radius 2 is 1.89 bits per heavy atom. The number of anilines is 4. The molecule has 4 rings (SSSR count). The molecular weight excluding hydrogens is 416 g/mol. The van der Waals surface area contributed by atoms with Crippen LogP contribution < -0.4 is 15.9 Å². The van der Waals surface area contributed by atoms with Gasteiger partial charge in [-0.15, -0.1) is 0 Å². The van der Waals surface area contributed by atoms with Gasteiger partial charge < -0.3 is 5.32 Å². The lowest BCUT2D eigenvalue weighted by Crippen LogP contribution is -2.09. The lowest BCUT2D eigenvalue weighted by atomic mass is 10.3. The second-order valence-electron chi connectivity index (χ2n) is 6.18. The van der Waals surface area contributed by atoms with Crippen molar-refractivity contribution in [2.75, 3.05) is 24.0 Å². The fourth-order valence-corrected chi connectivity index (χ4v) is 4.68. The van der Waals surface area contributed by atoms with E-state index in [0.717, 1.165) is 15.9 Å². The SMILES string of the molecule is CP(C)c1ccccc1Nc1nc(Nc2nc3ccc(F)cc3s2)ncc1Cl. The monoisotopic (exact) mass is 431 g/mol.